The molecule has 0 aromatic heterocycles. The van der Waals surface area contributed by atoms with E-state index >= 15 is 0 Å². The smallest absolute Gasteiger partial charge is 0.123 e. The Kier molecular flexibility index (Phi) is 3.22. The fraction of sp³-hybridized carbons (Fsp3) is 0.571. The molecular formula is C14H19FN2O. The van der Waals surface area contributed by atoms with Gasteiger partial charge in [0.2, 0.25) is 0 Å². The lowest BCUT2D eigenvalue weighted by molar-refractivity contribution is 0.127. The highest BCUT2D eigenvalue weighted by Crippen LogP contribution is 2.29. The fourth-order valence-corrected chi connectivity index (χ4v) is 2.94. The molecule has 0 radical (unpaired) electrons. The maximum Gasteiger partial charge on any atom is 0.123 e. The second-order valence-corrected chi connectivity index (χ2v) is 5.36. The summed E-state index contributed by atoms with van der Waals surface area (Å²) in [6.45, 7) is 2.94. The lowest BCUT2D eigenvalue weighted by Gasteiger charge is -2.32. The van der Waals surface area contributed by atoms with Gasteiger partial charge in [-0.25, -0.2) is 4.39 Å². The van der Waals surface area contributed by atoms with E-state index in [0.29, 0.717) is 6.04 Å². The van der Waals surface area contributed by atoms with Crippen molar-refractivity contribution in [3.8, 4) is 5.75 Å². The van der Waals surface area contributed by atoms with Crippen molar-refractivity contribution in [3.63, 3.8) is 0 Å². The standard InChI is InChI=1S/C14H19FN2O/c15-11-3-4-14-10(6-11)7-13(18-14)9-17-5-1-2-12(16)8-17/h3-4,6,12-13H,1-2,5,7-9,16H2/t12-,13?/m1/s1. The van der Waals surface area contributed by atoms with Gasteiger partial charge in [-0.3, -0.25) is 4.90 Å². The van der Waals surface area contributed by atoms with Gasteiger partial charge in [0.25, 0.3) is 0 Å². The Labute approximate surface area is 107 Å². The summed E-state index contributed by atoms with van der Waals surface area (Å²) in [5.74, 6) is 0.653. The third-order valence-electron chi connectivity index (χ3n) is 3.77. The maximum absolute atomic E-state index is 13.1. The highest BCUT2D eigenvalue weighted by atomic mass is 19.1. The van der Waals surface area contributed by atoms with Crippen LogP contribution in [0.5, 0.6) is 5.75 Å². The first kappa shape index (κ1) is 11.9. The highest BCUT2D eigenvalue weighted by Gasteiger charge is 2.27. The van der Waals surface area contributed by atoms with Gasteiger partial charge in [0.15, 0.2) is 0 Å². The topological polar surface area (TPSA) is 38.5 Å². The van der Waals surface area contributed by atoms with Crippen LogP contribution in [0.1, 0.15) is 18.4 Å². The molecule has 1 saturated heterocycles. The van der Waals surface area contributed by atoms with Crippen LogP contribution in [-0.2, 0) is 6.42 Å². The molecule has 4 heteroatoms. The summed E-state index contributed by atoms with van der Waals surface area (Å²) in [6.07, 6.45) is 3.23. The minimum absolute atomic E-state index is 0.145. The molecule has 2 aliphatic heterocycles. The van der Waals surface area contributed by atoms with Gasteiger partial charge in [0.05, 0.1) is 0 Å². The van der Waals surface area contributed by atoms with Crippen LogP contribution in [0.25, 0.3) is 0 Å². The third kappa shape index (κ3) is 2.49. The number of hydrogen-bond acceptors (Lipinski definition) is 3. The summed E-state index contributed by atoms with van der Waals surface area (Å²) < 4.78 is 19.0. The van der Waals surface area contributed by atoms with E-state index in [1.807, 2.05) is 0 Å². The minimum atomic E-state index is -0.182. The summed E-state index contributed by atoms with van der Waals surface area (Å²) in [6, 6.07) is 5.06. The monoisotopic (exact) mass is 250 g/mol. The average Bonchev–Trinajstić information content (AvgIpc) is 2.70. The summed E-state index contributed by atoms with van der Waals surface area (Å²) in [7, 11) is 0. The van der Waals surface area contributed by atoms with Crippen LogP contribution in [0.4, 0.5) is 4.39 Å². The summed E-state index contributed by atoms with van der Waals surface area (Å²) in [5, 5.41) is 0. The molecule has 0 amide bonds. The predicted molar refractivity (Wildman–Crippen MR) is 68.2 cm³/mol. The van der Waals surface area contributed by atoms with E-state index in [0.717, 1.165) is 50.2 Å². The molecule has 0 bridgehead atoms. The number of likely N-dealkylation sites (tertiary alicyclic amines) is 1. The van der Waals surface area contributed by atoms with E-state index in [1.54, 1.807) is 12.1 Å². The van der Waals surface area contributed by atoms with Gasteiger partial charge in [-0.2, -0.15) is 0 Å². The molecule has 0 spiro atoms. The molecule has 1 fully saturated rings. The number of halogens is 1. The van der Waals surface area contributed by atoms with Crippen molar-refractivity contribution >= 4 is 0 Å². The first-order chi connectivity index (χ1) is 8.70. The predicted octanol–water partition coefficient (Wildman–Crippen LogP) is 1.55. The number of piperidine rings is 1. The minimum Gasteiger partial charge on any atom is -0.488 e. The van der Waals surface area contributed by atoms with E-state index < -0.39 is 0 Å². The first-order valence-electron chi connectivity index (χ1n) is 6.64. The van der Waals surface area contributed by atoms with Gasteiger partial charge in [0.1, 0.15) is 17.7 Å². The first-order valence-corrected chi connectivity index (χ1v) is 6.64. The zero-order chi connectivity index (χ0) is 12.5. The van der Waals surface area contributed by atoms with Crippen LogP contribution in [0, 0.1) is 5.82 Å². The number of ether oxygens (including phenoxy) is 1. The molecule has 2 aliphatic rings. The molecule has 1 aromatic rings. The van der Waals surface area contributed by atoms with Crippen molar-refractivity contribution in [3.05, 3.63) is 29.6 Å². The second kappa shape index (κ2) is 4.86. The van der Waals surface area contributed by atoms with Crippen LogP contribution < -0.4 is 10.5 Å². The lowest BCUT2D eigenvalue weighted by atomic mass is 10.1. The number of hydrogen-bond donors (Lipinski definition) is 1. The van der Waals surface area contributed by atoms with Gasteiger partial charge in [-0.05, 0) is 37.6 Å². The zero-order valence-electron chi connectivity index (χ0n) is 10.4. The molecule has 18 heavy (non-hydrogen) atoms. The van der Waals surface area contributed by atoms with E-state index in [4.69, 9.17) is 10.5 Å². The van der Waals surface area contributed by atoms with Crippen molar-refractivity contribution in [2.75, 3.05) is 19.6 Å². The van der Waals surface area contributed by atoms with Gasteiger partial charge in [-0.1, -0.05) is 0 Å². The number of fused-ring (bicyclic) bond motifs is 1. The summed E-state index contributed by atoms with van der Waals surface area (Å²) >= 11 is 0. The Morgan fingerprint density at radius 1 is 1.44 bits per heavy atom. The Balaban J connectivity index is 1.60. The summed E-state index contributed by atoms with van der Waals surface area (Å²) in [5.41, 5.74) is 6.96. The Hall–Kier alpha value is -1.13. The zero-order valence-corrected chi connectivity index (χ0v) is 10.4. The van der Waals surface area contributed by atoms with Crippen LogP contribution in [0.2, 0.25) is 0 Å². The van der Waals surface area contributed by atoms with E-state index in [-0.39, 0.29) is 11.9 Å². The molecule has 1 unspecified atom stereocenters. The summed E-state index contributed by atoms with van der Waals surface area (Å²) in [4.78, 5) is 2.36. The molecule has 0 aliphatic carbocycles. The van der Waals surface area contributed by atoms with E-state index in [9.17, 15) is 4.39 Å². The molecule has 2 atom stereocenters. The van der Waals surface area contributed by atoms with Crippen LogP contribution in [0.3, 0.4) is 0 Å². The molecule has 2 N–H and O–H groups in total. The SMILES string of the molecule is N[C@@H]1CCCN(CC2Cc3cc(F)ccc3O2)C1. The van der Waals surface area contributed by atoms with Gasteiger partial charge >= 0.3 is 0 Å². The van der Waals surface area contributed by atoms with Crippen molar-refractivity contribution in [2.45, 2.75) is 31.4 Å². The van der Waals surface area contributed by atoms with Gasteiger partial charge in [0, 0.05) is 31.1 Å². The van der Waals surface area contributed by atoms with Crippen molar-refractivity contribution in [2.24, 2.45) is 5.73 Å². The van der Waals surface area contributed by atoms with Crippen molar-refractivity contribution in [1.29, 1.82) is 0 Å². The number of nitrogens with two attached hydrogens (primary N) is 1. The van der Waals surface area contributed by atoms with E-state index in [1.165, 1.54) is 6.07 Å². The third-order valence-corrected chi connectivity index (χ3v) is 3.77. The van der Waals surface area contributed by atoms with Crippen LogP contribution in [0.15, 0.2) is 18.2 Å². The van der Waals surface area contributed by atoms with E-state index in [2.05, 4.69) is 4.90 Å². The van der Waals surface area contributed by atoms with Crippen molar-refractivity contribution < 1.29 is 9.13 Å². The van der Waals surface area contributed by atoms with Crippen LogP contribution in [-0.4, -0.2) is 36.7 Å². The van der Waals surface area contributed by atoms with Crippen LogP contribution >= 0.6 is 0 Å². The number of benzene rings is 1. The molecule has 1 aromatic carbocycles. The molecule has 3 nitrogen and oxygen atoms in total. The fourth-order valence-electron chi connectivity index (χ4n) is 2.94. The lowest BCUT2D eigenvalue weighted by Crippen LogP contribution is -2.46. The highest BCUT2D eigenvalue weighted by molar-refractivity contribution is 5.37. The van der Waals surface area contributed by atoms with Crippen molar-refractivity contribution in [1.82, 2.24) is 4.90 Å². The Morgan fingerprint density at radius 3 is 3.17 bits per heavy atom. The largest absolute Gasteiger partial charge is 0.488 e. The number of nitrogens with zero attached hydrogens (tertiary/aromatic N) is 1. The molecular weight excluding hydrogens is 231 g/mol. The number of rotatable bonds is 2. The molecule has 3 rings (SSSR count). The molecule has 98 valence electrons. The van der Waals surface area contributed by atoms with Gasteiger partial charge in [-0.15, -0.1) is 0 Å². The maximum atomic E-state index is 13.1. The molecule has 2 heterocycles. The quantitative estimate of drug-likeness (QED) is 0.865. The van der Waals surface area contributed by atoms with Gasteiger partial charge < -0.3 is 10.5 Å². The normalized spacial score (nSPS) is 27.9. The average molecular weight is 250 g/mol. The Morgan fingerprint density at radius 2 is 2.33 bits per heavy atom. The Bertz CT molecular complexity index is 438. The second-order valence-electron chi connectivity index (χ2n) is 5.36. The molecule has 0 saturated carbocycles.